The molecule has 1 aromatic heterocycles. The van der Waals surface area contributed by atoms with E-state index in [9.17, 15) is 4.79 Å². The van der Waals surface area contributed by atoms with Crippen molar-refractivity contribution < 1.29 is 13.9 Å². The van der Waals surface area contributed by atoms with Crippen molar-refractivity contribution in [3.8, 4) is 11.1 Å². The number of fused-ring (bicyclic) bond motifs is 1. The van der Waals surface area contributed by atoms with E-state index < -0.39 is 0 Å². The molecule has 132 valence electrons. The molecule has 0 bridgehead atoms. The summed E-state index contributed by atoms with van der Waals surface area (Å²) in [5, 5.41) is 0. The van der Waals surface area contributed by atoms with Gasteiger partial charge < -0.3 is 9.15 Å². The average molecular weight is 355 g/mol. The lowest BCUT2D eigenvalue weighted by Gasteiger charge is -1.99. The normalized spacial score (nSPS) is 11.1. The van der Waals surface area contributed by atoms with Crippen molar-refractivity contribution in [1.82, 2.24) is 4.98 Å². The van der Waals surface area contributed by atoms with Crippen LogP contribution >= 0.6 is 0 Å². The highest BCUT2D eigenvalue weighted by Crippen LogP contribution is 2.25. The molecule has 0 radical (unpaired) electrons. The Balaban J connectivity index is 1.57. The number of hydrogen-bond acceptors (Lipinski definition) is 4. The lowest BCUT2D eigenvalue weighted by molar-refractivity contribution is 0.0600. The Bertz CT molecular complexity index is 1110. The van der Waals surface area contributed by atoms with Crippen molar-refractivity contribution in [2.24, 2.45) is 0 Å². The van der Waals surface area contributed by atoms with Crippen LogP contribution in [-0.4, -0.2) is 18.1 Å². The minimum Gasteiger partial charge on any atom is -0.465 e. The summed E-state index contributed by atoms with van der Waals surface area (Å²) in [6.45, 7) is 0. The zero-order valence-corrected chi connectivity index (χ0v) is 14.8. The fourth-order valence-electron chi connectivity index (χ4n) is 2.84. The standard InChI is InChI=1S/C23H17NO3/c1-26-23(25)18-10-7-16(8-11-18)9-14-22-24-20-15-19(12-13-21(20)27-22)17-5-3-2-4-6-17/h2-15H,1H3/b14-9+. The van der Waals surface area contributed by atoms with E-state index in [-0.39, 0.29) is 5.97 Å². The maximum absolute atomic E-state index is 11.5. The minimum absolute atomic E-state index is 0.348. The highest BCUT2D eigenvalue weighted by Gasteiger charge is 2.06. The predicted octanol–water partition coefficient (Wildman–Crippen LogP) is 5.45. The molecule has 0 spiro atoms. The first-order valence-electron chi connectivity index (χ1n) is 8.55. The molecule has 4 nitrogen and oxygen atoms in total. The fraction of sp³-hybridized carbons (Fsp3) is 0.0435. The summed E-state index contributed by atoms with van der Waals surface area (Å²) in [6.07, 6.45) is 3.71. The second-order valence-corrected chi connectivity index (χ2v) is 6.05. The van der Waals surface area contributed by atoms with E-state index in [0.717, 1.165) is 27.8 Å². The summed E-state index contributed by atoms with van der Waals surface area (Å²) >= 11 is 0. The van der Waals surface area contributed by atoms with Crippen LogP contribution in [0.3, 0.4) is 0 Å². The number of nitrogens with zero attached hydrogens (tertiary/aromatic N) is 1. The molecule has 4 heteroatoms. The number of hydrogen-bond donors (Lipinski definition) is 0. The molecule has 0 amide bonds. The number of carbonyl (C=O) groups excluding carboxylic acids is 1. The Hall–Kier alpha value is -3.66. The van der Waals surface area contributed by atoms with E-state index in [1.54, 1.807) is 12.1 Å². The van der Waals surface area contributed by atoms with Gasteiger partial charge in [0.1, 0.15) is 5.52 Å². The van der Waals surface area contributed by atoms with E-state index in [4.69, 9.17) is 9.15 Å². The Morgan fingerprint density at radius 3 is 2.44 bits per heavy atom. The van der Waals surface area contributed by atoms with Crippen LogP contribution in [0, 0.1) is 0 Å². The first-order chi connectivity index (χ1) is 13.2. The van der Waals surface area contributed by atoms with E-state index in [1.165, 1.54) is 7.11 Å². The Kier molecular flexibility index (Phi) is 4.54. The van der Waals surface area contributed by atoms with Gasteiger partial charge in [0.2, 0.25) is 5.89 Å². The first-order valence-corrected chi connectivity index (χ1v) is 8.55. The number of esters is 1. The summed E-state index contributed by atoms with van der Waals surface area (Å²) in [4.78, 5) is 16.0. The van der Waals surface area contributed by atoms with Gasteiger partial charge in [0, 0.05) is 6.08 Å². The predicted molar refractivity (Wildman–Crippen MR) is 106 cm³/mol. The van der Waals surface area contributed by atoms with Crippen molar-refractivity contribution in [2.45, 2.75) is 0 Å². The molecule has 0 unspecified atom stereocenters. The molecule has 0 atom stereocenters. The number of ether oxygens (including phenoxy) is 1. The Labute approximate surface area is 156 Å². The number of carbonyl (C=O) groups is 1. The van der Waals surface area contributed by atoms with Gasteiger partial charge in [-0.15, -0.1) is 0 Å². The van der Waals surface area contributed by atoms with Crippen molar-refractivity contribution >= 4 is 29.2 Å². The third-order valence-corrected chi connectivity index (χ3v) is 4.26. The monoisotopic (exact) mass is 355 g/mol. The summed E-state index contributed by atoms with van der Waals surface area (Å²) in [7, 11) is 1.37. The quantitative estimate of drug-likeness (QED) is 0.457. The third-order valence-electron chi connectivity index (χ3n) is 4.26. The summed E-state index contributed by atoms with van der Waals surface area (Å²) in [5.41, 5.74) is 5.27. The molecule has 27 heavy (non-hydrogen) atoms. The third kappa shape index (κ3) is 3.65. The summed E-state index contributed by atoms with van der Waals surface area (Å²) < 4.78 is 10.5. The molecule has 0 fully saturated rings. The number of aromatic nitrogens is 1. The van der Waals surface area contributed by atoms with Crippen LogP contribution < -0.4 is 0 Å². The maximum atomic E-state index is 11.5. The molecule has 1 heterocycles. The van der Waals surface area contributed by atoms with Gasteiger partial charge in [0.05, 0.1) is 12.7 Å². The molecule has 0 aliphatic rings. The molecule has 0 saturated heterocycles. The van der Waals surface area contributed by atoms with Crippen LogP contribution in [0.4, 0.5) is 0 Å². The molecule has 4 aromatic rings. The van der Waals surface area contributed by atoms with E-state index in [2.05, 4.69) is 17.1 Å². The van der Waals surface area contributed by atoms with Crippen LogP contribution in [0.15, 0.2) is 77.2 Å². The van der Waals surface area contributed by atoms with Crippen molar-refractivity contribution in [2.75, 3.05) is 7.11 Å². The lowest BCUT2D eigenvalue weighted by atomic mass is 10.1. The van der Waals surface area contributed by atoms with Gasteiger partial charge in [-0.1, -0.05) is 48.5 Å². The molecular formula is C23H17NO3. The smallest absolute Gasteiger partial charge is 0.337 e. The van der Waals surface area contributed by atoms with Gasteiger partial charge in [0.25, 0.3) is 0 Å². The Morgan fingerprint density at radius 2 is 1.70 bits per heavy atom. The number of benzene rings is 3. The minimum atomic E-state index is -0.348. The summed E-state index contributed by atoms with van der Waals surface area (Å²) in [5.74, 6) is 0.186. The highest BCUT2D eigenvalue weighted by atomic mass is 16.5. The molecule has 0 aliphatic carbocycles. The SMILES string of the molecule is COC(=O)c1ccc(/C=C/c2nc3cc(-c4ccccc4)ccc3o2)cc1. The van der Waals surface area contributed by atoms with Gasteiger partial charge in [-0.25, -0.2) is 9.78 Å². The zero-order chi connectivity index (χ0) is 18.6. The fourth-order valence-corrected chi connectivity index (χ4v) is 2.84. The van der Waals surface area contributed by atoms with Crippen LogP contribution in [0.25, 0.3) is 34.4 Å². The van der Waals surface area contributed by atoms with Crippen LogP contribution in [-0.2, 0) is 4.74 Å². The average Bonchev–Trinajstić information content (AvgIpc) is 3.15. The van der Waals surface area contributed by atoms with E-state index in [1.807, 2.05) is 60.7 Å². The van der Waals surface area contributed by atoms with Gasteiger partial charge in [0.15, 0.2) is 5.58 Å². The van der Waals surface area contributed by atoms with Crippen molar-refractivity contribution in [3.63, 3.8) is 0 Å². The van der Waals surface area contributed by atoms with E-state index in [0.29, 0.717) is 11.5 Å². The zero-order valence-electron chi connectivity index (χ0n) is 14.8. The van der Waals surface area contributed by atoms with Crippen LogP contribution in [0.1, 0.15) is 21.8 Å². The van der Waals surface area contributed by atoms with Crippen LogP contribution in [0.5, 0.6) is 0 Å². The molecule has 0 aliphatic heterocycles. The van der Waals surface area contributed by atoms with Gasteiger partial charge >= 0.3 is 5.97 Å². The van der Waals surface area contributed by atoms with E-state index >= 15 is 0 Å². The van der Waals surface area contributed by atoms with Gasteiger partial charge in [-0.2, -0.15) is 0 Å². The Morgan fingerprint density at radius 1 is 0.926 bits per heavy atom. The molecule has 0 saturated carbocycles. The largest absolute Gasteiger partial charge is 0.465 e. The first kappa shape index (κ1) is 16.8. The second-order valence-electron chi connectivity index (χ2n) is 6.05. The van der Waals surface area contributed by atoms with Crippen molar-refractivity contribution in [1.29, 1.82) is 0 Å². The number of methoxy groups -OCH3 is 1. The van der Waals surface area contributed by atoms with Gasteiger partial charge in [-0.05, 0) is 47.0 Å². The molecule has 4 rings (SSSR count). The van der Waals surface area contributed by atoms with Gasteiger partial charge in [-0.3, -0.25) is 0 Å². The topological polar surface area (TPSA) is 52.3 Å². The number of rotatable bonds is 4. The molecule has 3 aromatic carbocycles. The highest BCUT2D eigenvalue weighted by molar-refractivity contribution is 5.89. The second kappa shape index (κ2) is 7.30. The maximum Gasteiger partial charge on any atom is 0.337 e. The number of oxazole rings is 1. The lowest BCUT2D eigenvalue weighted by Crippen LogP contribution is -2.00. The molecule has 0 N–H and O–H groups in total. The summed E-state index contributed by atoms with van der Waals surface area (Å²) in [6, 6.07) is 23.3. The molecular weight excluding hydrogens is 338 g/mol. The van der Waals surface area contributed by atoms with Crippen LogP contribution in [0.2, 0.25) is 0 Å². The van der Waals surface area contributed by atoms with Crippen molar-refractivity contribution in [3.05, 3.63) is 89.8 Å².